The second-order valence-electron chi connectivity index (χ2n) is 4.87. The van der Waals surface area contributed by atoms with Crippen molar-refractivity contribution in [2.45, 2.75) is 12.8 Å². The summed E-state index contributed by atoms with van der Waals surface area (Å²) >= 11 is 0. The van der Waals surface area contributed by atoms with Crippen LogP contribution in [0, 0.1) is 11.8 Å². The molecule has 1 aliphatic carbocycles. The molecule has 1 aliphatic rings. The lowest BCUT2D eigenvalue weighted by atomic mass is 9.82. The van der Waals surface area contributed by atoms with E-state index in [2.05, 4.69) is 5.32 Å². The van der Waals surface area contributed by atoms with Crippen molar-refractivity contribution < 1.29 is 24.6 Å². The van der Waals surface area contributed by atoms with E-state index in [4.69, 9.17) is 10.2 Å². The Bertz CT molecular complexity index is 608. The smallest absolute Gasteiger partial charge is 0.335 e. The van der Waals surface area contributed by atoms with Crippen LogP contribution in [0.4, 0.5) is 5.69 Å². The molecule has 0 saturated heterocycles. The average Bonchev–Trinajstić information content (AvgIpc) is 2.47. The molecule has 6 nitrogen and oxygen atoms in total. The van der Waals surface area contributed by atoms with Gasteiger partial charge in [-0.15, -0.1) is 0 Å². The maximum atomic E-state index is 12.2. The monoisotopic (exact) mass is 289 g/mol. The third-order valence-electron chi connectivity index (χ3n) is 3.46. The maximum absolute atomic E-state index is 12.2. The quantitative estimate of drug-likeness (QED) is 0.735. The summed E-state index contributed by atoms with van der Waals surface area (Å²) in [4.78, 5) is 34.3. The van der Waals surface area contributed by atoms with E-state index < -0.39 is 29.7 Å². The molecule has 21 heavy (non-hydrogen) atoms. The predicted molar refractivity (Wildman–Crippen MR) is 75.0 cm³/mol. The summed E-state index contributed by atoms with van der Waals surface area (Å²) in [6.07, 6.45) is 4.23. The molecular formula is C15H15NO5. The van der Waals surface area contributed by atoms with E-state index in [1.54, 1.807) is 18.2 Å². The van der Waals surface area contributed by atoms with Gasteiger partial charge in [-0.2, -0.15) is 0 Å². The normalized spacial score (nSPS) is 20.8. The summed E-state index contributed by atoms with van der Waals surface area (Å²) < 4.78 is 0. The molecule has 3 N–H and O–H groups in total. The lowest BCUT2D eigenvalue weighted by Crippen LogP contribution is -2.34. The molecule has 0 aromatic heterocycles. The fourth-order valence-electron chi connectivity index (χ4n) is 2.34. The van der Waals surface area contributed by atoms with Gasteiger partial charge in [0.05, 0.1) is 17.4 Å². The van der Waals surface area contributed by atoms with E-state index in [-0.39, 0.29) is 5.56 Å². The zero-order valence-electron chi connectivity index (χ0n) is 11.2. The van der Waals surface area contributed by atoms with Crippen LogP contribution in [0.5, 0.6) is 0 Å². The second kappa shape index (κ2) is 6.21. The van der Waals surface area contributed by atoms with Crippen molar-refractivity contribution in [3.8, 4) is 0 Å². The fourth-order valence-corrected chi connectivity index (χ4v) is 2.34. The molecule has 1 aromatic carbocycles. The molecule has 0 heterocycles. The van der Waals surface area contributed by atoms with Gasteiger partial charge in [-0.1, -0.05) is 18.2 Å². The van der Waals surface area contributed by atoms with Crippen LogP contribution in [-0.2, 0) is 9.59 Å². The molecule has 6 heteroatoms. The Hall–Kier alpha value is -2.63. The van der Waals surface area contributed by atoms with Crippen LogP contribution in [0.1, 0.15) is 23.2 Å². The highest BCUT2D eigenvalue weighted by Crippen LogP contribution is 2.27. The number of benzene rings is 1. The molecule has 2 atom stereocenters. The molecule has 0 saturated carbocycles. The van der Waals surface area contributed by atoms with Gasteiger partial charge in [0.2, 0.25) is 5.91 Å². The van der Waals surface area contributed by atoms with Crippen molar-refractivity contribution in [1.82, 2.24) is 0 Å². The minimum absolute atomic E-state index is 0.0612. The third kappa shape index (κ3) is 3.47. The molecule has 0 bridgehead atoms. The van der Waals surface area contributed by atoms with E-state index in [9.17, 15) is 14.4 Å². The number of hydrogen-bond acceptors (Lipinski definition) is 3. The van der Waals surface area contributed by atoms with Crippen LogP contribution < -0.4 is 5.32 Å². The van der Waals surface area contributed by atoms with Gasteiger partial charge < -0.3 is 15.5 Å². The first-order chi connectivity index (χ1) is 9.99. The number of carboxylic acid groups (broad SMARTS) is 2. The summed E-state index contributed by atoms with van der Waals surface area (Å²) in [5, 5.41) is 20.6. The number of allylic oxidation sites excluding steroid dienone is 2. The minimum Gasteiger partial charge on any atom is -0.481 e. The first-order valence-electron chi connectivity index (χ1n) is 6.51. The lowest BCUT2D eigenvalue weighted by Gasteiger charge is -2.24. The van der Waals surface area contributed by atoms with E-state index in [0.717, 1.165) is 0 Å². The summed E-state index contributed by atoms with van der Waals surface area (Å²) in [6.45, 7) is 0. The number of amides is 1. The lowest BCUT2D eigenvalue weighted by molar-refractivity contribution is -0.146. The second-order valence-corrected chi connectivity index (χ2v) is 4.87. The highest BCUT2D eigenvalue weighted by molar-refractivity contribution is 5.97. The minimum atomic E-state index is -1.09. The van der Waals surface area contributed by atoms with Gasteiger partial charge in [-0.3, -0.25) is 9.59 Å². The topological polar surface area (TPSA) is 104 Å². The van der Waals surface area contributed by atoms with Gasteiger partial charge in [0.25, 0.3) is 0 Å². The van der Waals surface area contributed by atoms with Gasteiger partial charge in [-0.25, -0.2) is 4.79 Å². The summed E-state index contributed by atoms with van der Waals surface area (Å²) in [5.74, 6) is -3.90. The maximum Gasteiger partial charge on any atom is 0.335 e. The molecule has 0 aliphatic heterocycles. The summed E-state index contributed by atoms with van der Waals surface area (Å²) in [5.41, 5.74) is 0.407. The average molecular weight is 289 g/mol. The number of hydrogen-bond donors (Lipinski definition) is 3. The van der Waals surface area contributed by atoms with E-state index in [0.29, 0.717) is 18.5 Å². The van der Waals surface area contributed by atoms with E-state index in [1.165, 1.54) is 18.2 Å². The number of rotatable bonds is 4. The zero-order chi connectivity index (χ0) is 15.4. The SMILES string of the molecule is O=C(O)c1cccc(NC(=O)[C@H]2CC=CC[C@H]2C(=O)O)c1. The Morgan fingerprint density at radius 1 is 1.05 bits per heavy atom. The molecule has 0 unspecified atom stereocenters. The largest absolute Gasteiger partial charge is 0.481 e. The number of anilines is 1. The molecule has 0 spiro atoms. The summed E-state index contributed by atoms with van der Waals surface area (Å²) in [6, 6.07) is 5.85. The molecule has 1 aromatic rings. The van der Waals surface area contributed by atoms with Crippen LogP contribution in [0.3, 0.4) is 0 Å². The highest BCUT2D eigenvalue weighted by Gasteiger charge is 2.33. The van der Waals surface area contributed by atoms with Gasteiger partial charge >= 0.3 is 11.9 Å². The number of aromatic carboxylic acids is 1. The zero-order valence-corrected chi connectivity index (χ0v) is 11.2. The highest BCUT2D eigenvalue weighted by atomic mass is 16.4. The van der Waals surface area contributed by atoms with Gasteiger partial charge in [-0.05, 0) is 31.0 Å². The van der Waals surface area contributed by atoms with Crippen LogP contribution in [0.15, 0.2) is 36.4 Å². The number of carbonyl (C=O) groups is 3. The number of nitrogens with one attached hydrogen (secondary N) is 1. The van der Waals surface area contributed by atoms with Crippen LogP contribution in [0.2, 0.25) is 0 Å². The molecule has 2 rings (SSSR count). The summed E-state index contributed by atoms with van der Waals surface area (Å²) in [7, 11) is 0. The van der Waals surface area contributed by atoms with E-state index in [1.807, 2.05) is 0 Å². The standard InChI is InChI=1S/C15H15NO5/c17-13(11-6-1-2-7-12(11)15(20)21)16-10-5-3-4-9(8-10)14(18)19/h1-5,8,11-12H,6-7H2,(H,16,17)(H,18,19)(H,20,21)/t11-,12+/m0/s1. The molecule has 0 fully saturated rings. The van der Waals surface area contributed by atoms with Gasteiger partial charge in [0, 0.05) is 5.69 Å². The predicted octanol–water partition coefficient (Wildman–Crippen LogP) is 1.99. The van der Waals surface area contributed by atoms with Crippen molar-refractivity contribution in [2.24, 2.45) is 11.8 Å². The van der Waals surface area contributed by atoms with Crippen LogP contribution in [-0.4, -0.2) is 28.1 Å². The molecule has 0 radical (unpaired) electrons. The van der Waals surface area contributed by atoms with Crippen LogP contribution in [0.25, 0.3) is 0 Å². The van der Waals surface area contributed by atoms with Crippen molar-refractivity contribution in [1.29, 1.82) is 0 Å². The number of carbonyl (C=O) groups excluding carboxylic acids is 1. The Morgan fingerprint density at radius 3 is 2.33 bits per heavy atom. The van der Waals surface area contributed by atoms with Gasteiger partial charge in [0.1, 0.15) is 0 Å². The van der Waals surface area contributed by atoms with Gasteiger partial charge in [0.15, 0.2) is 0 Å². The van der Waals surface area contributed by atoms with Crippen molar-refractivity contribution in [2.75, 3.05) is 5.32 Å². The van der Waals surface area contributed by atoms with E-state index >= 15 is 0 Å². The Balaban J connectivity index is 2.13. The first kappa shape index (κ1) is 14.8. The Kier molecular flexibility index (Phi) is 4.37. The Labute approximate surface area is 121 Å². The molecule has 110 valence electrons. The molecular weight excluding hydrogens is 274 g/mol. The number of carboxylic acids is 2. The van der Waals surface area contributed by atoms with Crippen molar-refractivity contribution in [3.05, 3.63) is 42.0 Å². The van der Waals surface area contributed by atoms with Crippen molar-refractivity contribution in [3.63, 3.8) is 0 Å². The van der Waals surface area contributed by atoms with Crippen LogP contribution >= 0.6 is 0 Å². The number of aliphatic carboxylic acids is 1. The van der Waals surface area contributed by atoms with Crippen molar-refractivity contribution >= 4 is 23.5 Å². The third-order valence-corrected chi connectivity index (χ3v) is 3.46. The first-order valence-corrected chi connectivity index (χ1v) is 6.51. The molecule has 1 amide bonds. The Morgan fingerprint density at radius 2 is 1.71 bits per heavy atom. The fraction of sp³-hybridized carbons (Fsp3) is 0.267.